The van der Waals surface area contributed by atoms with Gasteiger partial charge in [0.05, 0.1) is 12.5 Å². The monoisotopic (exact) mass is 242 g/mol. The third kappa shape index (κ3) is 2.77. The summed E-state index contributed by atoms with van der Waals surface area (Å²) in [7, 11) is 0. The van der Waals surface area contributed by atoms with E-state index < -0.39 is 0 Å². The van der Waals surface area contributed by atoms with E-state index in [0.29, 0.717) is 17.7 Å². The quantitative estimate of drug-likeness (QED) is 0.714. The van der Waals surface area contributed by atoms with E-state index in [1.54, 1.807) is 0 Å². The highest BCUT2D eigenvalue weighted by Crippen LogP contribution is 2.27. The van der Waals surface area contributed by atoms with Crippen LogP contribution in [-0.2, 0) is 9.59 Å². The molecule has 0 bridgehead atoms. The van der Waals surface area contributed by atoms with Gasteiger partial charge in [-0.2, -0.15) is 11.8 Å². The van der Waals surface area contributed by atoms with Gasteiger partial charge in [-0.15, -0.1) is 0 Å². The third-order valence-electron chi connectivity index (χ3n) is 3.36. The van der Waals surface area contributed by atoms with Gasteiger partial charge in [-0.05, 0) is 25.5 Å². The van der Waals surface area contributed by atoms with Gasteiger partial charge in [0.15, 0.2) is 0 Å². The molecule has 1 aliphatic carbocycles. The Hall–Kier alpha value is -0.550. The van der Waals surface area contributed by atoms with Crippen molar-refractivity contribution < 1.29 is 9.59 Å². The first-order valence-electron chi connectivity index (χ1n) is 5.81. The van der Waals surface area contributed by atoms with Crippen LogP contribution in [0.2, 0.25) is 0 Å². The van der Waals surface area contributed by atoms with Crippen molar-refractivity contribution in [3.63, 3.8) is 0 Å². The molecule has 2 amide bonds. The molecule has 16 heavy (non-hydrogen) atoms. The highest BCUT2D eigenvalue weighted by molar-refractivity contribution is 7.99. The summed E-state index contributed by atoms with van der Waals surface area (Å²) in [6.45, 7) is 0. The first kappa shape index (κ1) is 11.9. The fraction of sp³-hybridized carbons (Fsp3) is 0.818. The van der Waals surface area contributed by atoms with Gasteiger partial charge < -0.3 is 5.32 Å². The molecule has 4 nitrogen and oxygen atoms in total. The van der Waals surface area contributed by atoms with Crippen LogP contribution in [0.25, 0.3) is 0 Å². The fourth-order valence-corrected chi connectivity index (χ4v) is 3.31. The van der Waals surface area contributed by atoms with Crippen molar-refractivity contribution in [2.24, 2.45) is 0 Å². The van der Waals surface area contributed by atoms with Gasteiger partial charge >= 0.3 is 0 Å². The van der Waals surface area contributed by atoms with Crippen LogP contribution in [0.5, 0.6) is 0 Å². The van der Waals surface area contributed by atoms with Crippen molar-refractivity contribution >= 4 is 23.6 Å². The molecule has 0 aromatic carbocycles. The summed E-state index contributed by atoms with van der Waals surface area (Å²) < 4.78 is 0. The van der Waals surface area contributed by atoms with Gasteiger partial charge in [0.1, 0.15) is 0 Å². The molecular formula is C11H18N2O2S. The molecule has 3 atom stereocenters. The van der Waals surface area contributed by atoms with Gasteiger partial charge in [-0.25, -0.2) is 0 Å². The lowest BCUT2D eigenvalue weighted by atomic mass is 9.94. The topological polar surface area (TPSA) is 58.2 Å². The van der Waals surface area contributed by atoms with Crippen molar-refractivity contribution in [2.75, 3.05) is 6.26 Å². The van der Waals surface area contributed by atoms with Crippen LogP contribution in [0.15, 0.2) is 0 Å². The van der Waals surface area contributed by atoms with E-state index in [0.717, 1.165) is 12.8 Å². The van der Waals surface area contributed by atoms with Gasteiger partial charge in [0.2, 0.25) is 11.8 Å². The SMILES string of the molecule is CSC1CCCC(NC2CC(=O)NC2=O)C1. The summed E-state index contributed by atoms with van der Waals surface area (Å²) >= 11 is 1.90. The smallest absolute Gasteiger partial charge is 0.244 e. The molecule has 90 valence electrons. The minimum Gasteiger partial charge on any atom is -0.303 e. The second kappa shape index (κ2) is 5.19. The molecule has 0 spiro atoms. The Labute approximate surface area is 99.9 Å². The molecule has 1 saturated heterocycles. The number of hydrogen-bond acceptors (Lipinski definition) is 4. The molecule has 1 heterocycles. The number of carbonyl (C=O) groups excluding carboxylic acids is 2. The molecule has 2 N–H and O–H groups in total. The lowest BCUT2D eigenvalue weighted by molar-refractivity contribution is -0.125. The molecule has 1 saturated carbocycles. The molecule has 0 aromatic heterocycles. The number of imide groups is 1. The number of carbonyl (C=O) groups is 2. The van der Waals surface area contributed by atoms with Crippen molar-refractivity contribution in [1.82, 2.24) is 10.6 Å². The van der Waals surface area contributed by atoms with Crippen molar-refractivity contribution in [2.45, 2.75) is 49.4 Å². The Balaban J connectivity index is 1.85. The van der Waals surface area contributed by atoms with Gasteiger partial charge in [0.25, 0.3) is 0 Å². The molecule has 2 aliphatic rings. The molecule has 0 aromatic rings. The Morgan fingerprint density at radius 2 is 2.19 bits per heavy atom. The minimum atomic E-state index is -0.293. The van der Waals surface area contributed by atoms with Crippen LogP contribution in [0, 0.1) is 0 Å². The first-order valence-corrected chi connectivity index (χ1v) is 7.10. The van der Waals surface area contributed by atoms with Crippen LogP contribution >= 0.6 is 11.8 Å². The van der Waals surface area contributed by atoms with Crippen LogP contribution in [0.1, 0.15) is 32.1 Å². The minimum absolute atomic E-state index is 0.153. The third-order valence-corrected chi connectivity index (χ3v) is 4.46. The van der Waals surface area contributed by atoms with E-state index in [2.05, 4.69) is 16.9 Å². The first-order chi connectivity index (χ1) is 7.69. The summed E-state index contributed by atoms with van der Waals surface area (Å²) in [6.07, 6.45) is 7.16. The lowest BCUT2D eigenvalue weighted by Crippen LogP contribution is -2.45. The molecular weight excluding hydrogens is 224 g/mol. The number of rotatable bonds is 3. The highest BCUT2D eigenvalue weighted by atomic mass is 32.2. The maximum atomic E-state index is 11.4. The summed E-state index contributed by atoms with van der Waals surface area (Å²) in [5, 5.41) is 6.35. The maximum absolute atomic E-state index is 11.4. The van der Waals surface area contributed by atoms with Crippen molar-refractivity contribution in [3.05, 3.63) is 0 Å². The van der Waals surface area contributed by atoms with E-state index in [1.165, 1.54) is 12.8 Å². The number of hydrogen-bond donors (Lipinski definition) is 2. The van der Waals surface area contributed by atoms with Crippen LogP contribution in [0.4, 0.5) is 0 Å². The Kier molecular flexibility index (Phi) is 3.86. The fourth-order valence-electron chi connectivity index (χ4n) is 2.48. The predicted octanol–water partition coefficient (Wildman–Crippen LogP) is 0.665. The van der Waals surface area contributed by atoms with E-state index in [1.807, 2.05) is 11.8 Å². The Bertz CT molecular complexity index is 296. The standard InChI is InChI=1S/C11H18N2O2S/c1-16-8-4-2-3-7(5-8)12-9-6-10(14)13-11(9)15/h7-9,12H,2-6H2,1H3,(H,13,14,15). The Morgan fingerprint density at radius 1 is 1.38 bits per heavy atom. The number of nitrogens with one attached hydrogen (secondary N) is 2. The van der Waals surface area contributed by atoms with E-state index in [9.17, 15) is 9.59 Å². The summed E-state index contributed by atoms with van der Waals surface area (Å²) in [5.74, 6) is -0.309. The van der Waals surface area contributed by atoms with E-state index >= 15 is 0 Å². The average Bonchev–Trinajstić information content (AvgIpc) is 2.58. The summed E-state index contributed by atoms with van der Waals surface area (Å²) in [4.78, 5) is 22.5. The summed E-state index contributed by atoms with van der Waals surface area (Å²) in [6, 6.07) is 0.103. The zero-order chi connectivity index (χ0) is 11.5. The zero-order valence-corrected chi connectivity index (χ0v) is 10.3. The zero-order valence-electron chi connectivity index (χ0n) is 9.49. The van der Waals surface area contributed by atoms with Crippen molar-refractivity contribution in [1.29, 1.82) is 0 Å². The molecule has 5 heteroatoms. The largest absolute Gasteiger partial charge is 0.303 e. The van der Waals surface area contributed by atoms with Gasteiger partial charge in [-0.1, -0.05) is 6.42 Å². The lowest BCUT2D eigenvalue weighted by Gasteiger charge is -2.30. The van der Waals surface area contributed by atoms with Crippen molar-refractivity contribution in [3.8, 4) is 0 Å². The number of thioether (sulfide) groups is 1. The second-order valence-electron chi connectivity index (χ2n) is 4.56. The Morgan fingerprint density at radius 3 is 2.81 bits per heavy atom. The molecule has 0 radical (unpaired) electrons. The molecule has 3 unspecified atom stereocenters. The predicted molar refractivity (Wildman–Crippen MR) is 64.2 cm³/mol. The van der Waals surface area contributed by atoms with Crippen LogP contribution in [0.3, 0.4) is 0 Å². The summed E-state index contributed by atoms with van der Waals surface area (Å²) in [5.41, 5.74) is 0. The molecule has 2 fully saturated rings. The van der Waals surface area contributed by atoms with E-state index in [4.69, 9.17) is 0 Å². The van der Waals surface area contributed by atoms with Gasteiger partial charge in [0, 0.05) is 11.3 Å². The second-order valence-corrected chi connectivity index (χ2v) is 5.70. The van der Waals surface area contributed by atoms with Crippen LogP contribution in [-0.4, -0.2) is 35.4 Å². The maximum Gasteiger partial charge on any atom is 0.244 e. The normalized spacial score (nSPS) is 35.2. The van der Waals surface area contributed by atoms with E-state index in [-0.39, 0.29) is 17.9 Å². The molecule has 1 aliphatic heterocycles. The highest BCUT2D eigenvalue weighted by Gasteiger charge is 2.33. The van der Waals surface area contributed by atoms with Gasteiger partial charge in [-0.3, -0.25) is 14.9 Å². The average molecular weight is 242 g/mol. The number of amides is 2. The van der Waals surface area contributed by atoms with Crippen LogP contribution < -0.4 is 10.6 Å². The molecule has 2 rings (SSSR count).